The Hall–Kier alpha value is -3.16. The topological polar surface area (TPSA) is 96.3 Å². The number of aromatic carboxylic acids is 1. The van der Waals surface area contributed by atoms with Gasteiger partial charge in [0.05, 0.1) is 18.8 Å². The van der Waals surface area contributed by atoms with Crippen LogP contribution in [0.15, 0.2) is 54.6 Å². The molecule has 2 rings (SSSR count). The Morgan fingerprint density at radius 1 is 0.921 bits per heavy atom. The van der Waals surface area contributed by atoms with Crippen LogP contribution in [0.5, 0.6) is 5.75 Å². The number of rotatable bonds is 20. The lowest BCUT2D eigenvalue weighted by molar-refractivity contribution is -0.137. The fourth-order valence-electron chi connectivity index (χ4n) is 4.23. The van der Waals surface area contributed by atoms with E-state index in [0.29, 0.717) is 13.0 Å². The number of hydrogen-bond acceptors (Lipinski definition) is 5. The van der Waals surface area contributed by atoms with Crippen LogP contribution >= 0.6 is 0 Å². The van der Waals surface area contributed by atoms with Crippen LogP contribution in [0.25, 0.3) is 6.08 Å². The van der Waals surface area contributed by atoms with Gasteiger partial charge in [0.1, 0.15) is 5.75 Å². The summed E-state index contributed by atoms with van der Waals surface area (Å²) in [4.78, 5) is 24.3. The minimum Gasteiger partial charge on any atom is -0.493 e. The Bertz CT molecular complexity index is 988. The summed E-state index contributed by atoms with van der Waals surface area (Å²) in [5, 5.41) is 18.1. The van der Waals surface area contributed by atoms with Crippen molar-refractivity contribution in [2.75, 3.05) is 40.5 Å². The van der Waals surface area contributed by atoms with Crippen molar-refractivity contribution in [3.63, 3.8) is 0 Å². The van der Waals surface area contributed by atoms with E-state index in [-0.39, 0.29) is 17.9 Å². The van der Waals surface area contributed by atoms with E-state index in [1.54, 1.807) is 19.2 Å². The van der Waals surface area contributed by atoms with Crippen LogP contribution in [-0.2, 0) is 16.0 Å². The lowest BCUT2D eigenvalue weighted by Gasteiger charge is -2.16. The largest absolute Gasteiger partial charge is 0.493 e. The molecule has 0 aromatic heterocycles. The van der Waals surface area contributed by atoms with Gasteiger partial charge in [-0.05, 0) is 81.8 Å². The van der Waals surface area contributed by atoms with Crippen LogP contribution in [0.3, 0.4) is 0 Å². The van der Waals surface area contributed by atoms with Gasteiger partial charge in [-0.15, -0.1) is 0 Å². The van der Waals surface area contributed by atoms with Gasteiger partial charge in [-0.1, -0.05) is 48.9 Å². The number of allylic oxidation sites excluding steroid dienone is 1. The van der Waals surface area contributed by atoms with Gasteiger partial charge in [0.2, 0.25) is 0 Å². The number of methoxy groups -OCH3 is 1. The first-order valence-corrected chi connectivity index (χ1v) is 13.5. The summed E-state index contributed by atoms with van der Waals surface area (Å²) in [6.07, 6.45) is 10.7. The standard InChI is InChI=1S/C31H43NO6/c1-32(21-23-37-2)20-8-3-9-22-38-29-12-6-5-11-27(29)17-14-25(10-4-7-13-30(33)34)24-26-15-18-28(19-16-26)31(35)36/h5-6,11-12,14-19,25H,3-4,7-10,13,20-24H2,1-2H3,(H,33,34)(H,35,36)/b17-14+. The van der Waals surface area contributed by atoms with Crippen LogP contribution < -0.4 is 4.74 Å². The van der Waals surface area contributed by atoms with Crippen molar-refractivity contribution in [3.05, 3.63) is 71.3 Å². The Labute approximate surface area is 227 Å². The summed E-state index contributed by atoms with van der Waals surface area (Å²) >= 11 is 0. The molecule has 1 unspecified atom stereocenters. The van der Waals surface area contributed by atoms with Gasteiger partial charge in [0, 0.05) is 25.6 Å². The number of carbonyl (C=O) groups is 2. The number of aliphatic carboxylic acids is 1. The predicted octanol–water partition coefficient (Wildman–Crippen LogP) is 6.03. The first kappa shape index (κ1) is 31.1. The maximum Gasteiger partial charge on any atom is 0.335 e. The van der Waals surface area contributed by atoms with Crippen molar-refractivity contribution in [3.8, 4) is 5.75 Å². The average Bonchev–Trinajstić information content (AvgIpc) is 2.91. The minimum atomic E-state index is -0.937. The lowest BCUT2D eigenvalue weighted by atomic mass is 9.92. The van der Waals surface area contributed by atoms with E-state index in [4.69, 9.17) is 19.7 Å². The van der Waals surface area contributed by atoms with Crippen LogP contribution in [0.4, 0.5) is 0 Å². The molecule has 0 amide bonds. The van der Waals surface area contributed by atoms with Gasteiger partial charge in [0.15, 0.2) is 0 Å². The van der Waals surface area contributed by atoms with E-state index >= 15 is 0 Å². The molecule has 0 saturated carbocycles. The SMILES string of the molecule is COCCN(C)CCCCCOc1ccccc1/C=C/C(CCCCC(=O)O)Cc1ccc(C(=O)O)cc1. The molecule has 7 nitrogen and oxygen atoms in total. The third kappa shape index (κ3) is 12.9. The molecule has 0 bridgehead atoms. The highest BCUT2D eigenvalue weighted by molar-refractivity contribution is 5.87. The highest BCUT2D eigenvalue weighted by Gasteiger charge is 2.10. The fourth-order valence-corrected chi connectivity index (χ4v) is 4.23. The summed E-state index contributed by atoms with van der Waals surface area (Å²) in [6, 6.07) is 15.0. The molecule has 0 radical (unpaired) electrons. The lowest BCUT2D eigenvalue weighted by Crippen LogP contribution is -2.23. The Kier molecular flexibility index (Phi) is 14.8. The number of hydrogen-bond donors (Lipinski definition) is 2. The summed E-state index contributed by atoms with van der Waals surface area (Å²) in [5.41, 5.74) is 2.34. The number of carboxylic acids is 2. The summed E-state index contributed by atoms with van der Waals surface area (Å²) < 4.78 is 11.2. The van der Waals surface area contributed by atoms with E-state index < -0.39 is 11.9 Å². The van der Waals surface area contributed by atoms with Crippen molar-refractivity contribution in [2.24, 2.45) is 5.92 Å². The molecule has 208 valence electrons. The maximum absolute atomic E-state index is 11.2. The fraction of sp³-hybridized carbons (Fsp3) is 0.484. The van der Waals surface area contributed by atoms with Crippen molar-refractivity contribution in [1.82, 2.24) is 4.90 Å². The first-order valence-electron chi connectivity index (χ1n) is 13.5. The molecule has 0 fully saturated rings. The molecule has 2 N–H and O–H groups in total. The molecule has 0 aliphatic rings. The second-order valence-corrected chi connectivity index (χ2v) is 9.71. The van der Waals surface area contributed by atoms with Gasteiger partial charge in [0.25, 0.3) is 0 Å². The molecule has 0 spiro atoms. The number of ether oxygens (including phenoxy) is 2. The molecule has 1 atom stereocenters. The highest BCUT2D eigenvalue weighted by Crippen LogP contribution is 2.24. The predicted molar refractivity (Wildman–Crippen MR) is 151 cm³/mol. The molecule has 2 aromatic rings. The molecule has 0 saturated heterocycles. The zero-order valence-corrected chi connectivity index (χ0v) is 22.8. The zero-order chi connectivity index (χ0) is 27.6. The molecule has 2 aromatic carbocycles. The van der Waals surface area contributed by atoms with Gasteiger partial charge in [-0.3, -0.25) is 4.79 Å². The van der Waals surface area contributed by atoms with Gasteiger partial charge >= 0.3 is 11.9 Å². The molecular formula is C31H43NO6. The minimum absolute atomic E-state index is 0.170. The van der Waals surface area contributed by atoms with Gasteiger partial charge in [-0.25, -0.2) is 4.79 Å². The third-order valence-electron chi connectivity index (χ3n) is 6.50. The van der Waals surface area contributed by atoms with Crippen LogP contribution in [0, 0.1) is 5.92 Å². The van der Waals surface area contributed by atoms with Crippen LogP contribution in [0.1, 0.15) is 66.4 Å². The van der Waals surface area contributed by atoms with E-state index in [1.807, 2.05) is 36.4 Å². The first-order chi connectivity index (χ1) is 18.4. The second kappa shape index (κ2) is 18.2. The Morgan fingerprint density at radius 2 is 1.68 bits per heavy atom. The quantitative estimate of drug-likeness (QED) is 0.204. The molecular weight excluding hydrogens is 482 g/mol. The molecule has 0 aliphatic carbocycles. The summed E-state index contributed by atoms with van der Waals surface area (Å²) in [5.74, 6) is -0.655. The average molecular weight is 526 g/mol. The number of para-hydroxylation sites is 1. The molecule has 0 aliphatic heterocycles. The van der Waals surface area contributed by atoms with Crippen molar-refractivity contribution < 1.29 is 29.3 Å². The van der Waals surface area contributed by atoms with Crippen LogP contribution in [-0.4, -0.2) is 67.5 Å². The van der Waals surface area contributed by atoms with Gasteiger partial charge in [-0.2, -0.15) is 0 Å². The van der Waals surface area contributed by atoms with Crippen molar-refractivity contribution in [1.29, 1.82) is 0 Å². The van der Waals surface area contributed by atoms with E-state index in [1.165, 1.54) is 0 Å². The number of nitrogens with zero attached hydrogens (tertiary/aromatic N) is 1. The van der Waals surface area contributed by atoms with Gasteiger partial charge < -0.3 is 24.6 Å². The molecule has 0 heterocycles. The Balaban J connectivity index is 1.94. The monoisotopic (exact) mass is 525 g/mol. The summed E-state index contributed by atoms with van der Waals surface area (Å²) in [6.45, 7) is 3.42. The Morgan fingerprint density at radius 3 is 2.39 bits per heavy atom. The second-order valence-electron chi connectivity index (χ2n) is 9.71. The highest BCUT2D eigenvalue weighted by atomic mass is 16.5. The number of unbranched alkanes of at least 4 members (excludes halogenated alkanes) is 3. The molecule has 7 heteroatoms. The number of benzene rings is 2. The number of likely N-dealkylation sites (N-methyl/N-ethyl adjacent to an activating group) is 1. The normalized spacial score (nSPS) is 12.2. The van der Waals surface area contributed by atoms with E-state index in [0.717, 1.165) is 75.1 Å². The van der Waals surface area contributed by atoms with Crippen molar-refractivity contribution in [2.45, 2.75) is 51.4 Å². The number of carboxylic acid groups (broad SMARTS) is 2. The van der Waals surface area contributed by atoms with E-state index in [9.17, 15) is 9.59 Å². The maximum atomic E-state index is 11.2. The molecule has 38 heavy (non-hydrogen) atoms. The third-order valence-corrected chi connectivity index (χ3v) is 6.50. The summed E-state index contributed by atoms with van der Waals surface area (Å²) in [7, 11) is 3.84. The van der Waals surface area contributed by atoms with E-state index in [2.05, 4.69) is 24.1 Å². The zero-order valence-electron chi connectivity index (χ0n) is 22.8. The van der Waals surface area contributed by atoms with Crippen molar-refractivity contribution >= 4 is 18.0 Å². The smallest absolute Gasteiger partial charge is 0.335 e. The van der Waals surface area contributed by atoms with Crippen LogP contribution in [0.2, 0.25) is 0 Å².